The molecule has 2 heterocycles. The van der Waals surface area contributed by atoms with Gasteiger partial charge in [-0.3, -0.25) is 9.78 Å². The van der Waals surface area contributed by atoms with Crippen molar-refractivity contribution >= 4 is 11.8 Å². The van der Waals surface area contributed by atoms with E-state index in [0.29, 0.717) is 5.95 Å². The summed E-state index contributed by atoms with van der Waals surface area (Å²) in [6.07, 6.45) is 0.985. The maximum atomic E-state index is 11.8. The summed E-state index contributed by atoms with van der Waals surface area (Å²) in [7, 11) is 3.72. The molecule has 2 rings (SSSR count). The minimum atomic E-state index is -0.0246. The molecule has 1 unspecified atom stereocenters. The van der Waals surface area contributed by atoms with E-state index in [4.69, 9.17) is 0 Å². The van der Waals surface area contributed by atoms with Gasteiger partial charge in [-0.2, -0.15) is 4.98 Å². The monoisotopic (exact) mass is 208 g/mol. The van der Waals surface area contributed by atoms with Crippen molar-refractivity contribution in [2.45, 2.75) is 19.3 Å². The van der Waals surface area contributed by atoms with Crippen LogP contribution in [0.4, 0.5) is 11.8 Å². The Kier molecular flexibility index (Phi) is 2.38. The highest BCUT2D eigenvalue weighted by molar-refractivity contribution is 5.50. The molecule has 1 aliphatic rings. The molecule has 5 heteroatoms. The molecule has 1 aromatic rings. The standard InChI is InChI=1S/C10H16N4O/c1-6-4-5-11-8-7(6)9(15)13-10(12-8)14(2)3/h6H,4-5H2,1-3H3,(H2,11,12,13,15). The number of aromatic amines is 1. The molecule has 2 N–H and O–H groups in total. The number of aromatic nitrogens is 2. The van der Waals surface area contributed by atoms with Gasteiger partial charge in [-0.15, -0.1) is 0 Å². The fourth-order valence-electron chi connectivity index (χ4n) is 1.83. The molecule has 0 amide bonds. The van der Waals surface area contributed by atoms with Crippen LogP contribution in [0.5, 0.6) is 0 Å². The van der Waals surface area contributed by atoms with E-state index in [2.05, 4.69) is 22.2 Å². The van der Waals surface area contributed by atoms with Crippen LogP contribution in [0, 0.1) is 0 Å². The lowest BCUT2D eigenvalue weighted by molar-refractivity contribution is 0.664. The fourth-order valence-corrected chi connectivity index (χ4v) is 1.83. The summed E-state index contributed by atoms with van der Waals surface area (Å²) in [5, 5.41) is 3.17. The summed E-state index contributed by atoms with van der Waals surface area (Å²) in [5.41, 5.74) is 0.759. The first kappa shape index (κ1) is 10.0. The summed E-state index contributed by atoms with van der Waals surface area (Å²) in [4.78, 5) is 20.8. The zero-order valence-corrected chi connectivity index (χ0v) is 9.29. The van der Waals surface area contributed by atoms with Gasteiger partial charge in [0.25, 0.3) is 5.56 Å². The van der Waals surface area contributed by atoms with Crippen LogP contribution in [0.2, 0.25) is 0 Å². The minimum Gasteiger partial charge on any atom is -0.370 e. The number of nitrogens with zero attached hydrogens (tertiary/aromatic N) is 2. The summed E-state index contributed by atoms with van der Waals surface area (Å²) in [6, 6.07) is 0. The van der Waals surface area contributed by atoms with Crippen LogP contribution < -0.4 is 15.8 Å². The van der Waals surface area contributed by atoms with Gasteiger partial charge in [0.05, 0.1) is 5.56 Å². The smallest absolute Gasteiger partial charge is 0.257 e. The normalized spacial score (nSPS) is 19.3. The molecule has 5 nitrogen and oxygen atoms in total. The first-order chi connectivity index (χ1) is 7.09. The third-order valence-electron chi connectivity index (χ3n) is 2.73. The third-order valence-corrected chi connectivity index (χ3v) is 2.73. The molecular weight excluding hydrogens is 192 g/mol. The second kappa shape index (κ2) is 3.56. The van der Waals surface area contributed by atoms with Crippen molar-refractivity contribution in [2.75, 3.05) is 30.9 Å². The van der Waals surface area contributed by atoms with E-state index in [1.165, 1.54) is 0 Å². The van der Waals surface area contributed by atoms with Gasteiger partial charge >= 0.3 is 0 Å². The van der Waals surface area contributed by atoms with E-state index in [-0.39, 0.29) is 11.5 Å². The van der Waals surface area contributed by atoms with E-state index in [1.807, 2.05) is 14.1 Å². The van der Waals surface area contributed by atoms with Crippen molar-refractivity contribution in [1.82, 2.24) is 9.97 Å². The van der Waals surface area contributed by atoms with Crippen molar-refractivity contribution in [2.24, 2.45) is 0 Å². The average molecular weight is 208 g/mol. The largest absolute Gasteiger partial charge is 0.370 e. The SMILES string of the molecule is CC1CCNc2nc(N(C)C)[nH]c(=O)c21. The number of anilines is 2. The molecule has 0 spiro atoms. The van der Waals surface area contributed by atoms with Crippen LogP contribution in [0.1, 0.15) is 24.8 Å². The molecule has 1 atom stereocenters. The fraction of sp³-hybridized carbons (Fsp3) is 0.600. The van der Waals surface area contributed by atoms with Crippen LogP contribution in [0.25, 0.3) is 0 Å². The van der Waals surface area contributed by atoms with Crippen molar-refractivity contribution < 1.29 is 0 Å². The van der Waals surface area contributed by atoms with Crippen molar-refractivity contribution in [1.29, 1.82) is 0 Å². The predicted octanol–water partition coefficient (Wildman–Crippen LogP) is 0.755. The van der Waals surface area contributed by atoms with Crippen molar-refractivity contribution in [3.8, 4) is 0 Å². The Morgan fingerprint density at radius 2 is 2.20 bits per heavy atom. The van der Waals surface area contributed by atoms with E-state index in [0.717, 1.165) is 24.3 Å². The Bertz CT molecular complexity index is 424. The first-order valence-corrected chi connectivity index (χ1v) is 5.15. The first-order valence-electron chi connectivity index (χ1n) is 5.15. The van der Waals surface area contributed by atoms with E-state index < -0.39 is 0 Å². The van der Waals surface area contributed by atoms with Crippen molar-refractivity contribution in [3.63, 3.8) is 0 Å². The number of H-pyrrole nitrogens is 1. The number of rotatable bonds is 1. The molecule has 1 aliphatic heterocycles. The lowest BCUT2D eigenvalue weighted by Crippen LogP contribution is -2.28. The van der Waals surface area contributed by atoms with E-state index in [9.17, 15) is 4.79 Å². The molecule has 1 aromatic heterocycles. The van der Waals surface area contributed by atoms with Crippen LogP contribution in [-0.2, 0) is 0 Å². The third kappa shape index (κ3) is 1.69. The summed E-state index contributed by atoms with van der Waals surface area (Å²) in [5.74, 6) is 1.62. The topological polar surface area (TPSA) is 61.0 Å². The Balaban J connectivity index is 2.56. The molecule has 0 radical (unpaired) electrons. The van der Waals surface area contributed by atoms with Crippen LogP contribution in [0.3, 0.4) is 0 Å². The Hall–Kier alpha value is -1.52. The number of nitrogens with one attached hydrogen (secondary N) is 2. The Morgan fingerprint density at radius 1 is 1.47 bits per heavy atom. The maximum absolute atomic E-state index is 11.8. The van der Waals surface area contributed by atoms with Gasteiger partial charge in [-0.1, -0.05) is 6.92 Å². The zero-order valence-electron chi connectivity index (χ0n) is 9.29. The predicted molar refractivity (Wildman–Crippen MR) is 60.7 cm³/mol. The molecule has 82 valence electrons. The Labute approximate surface area is 88.5 Å². The molecular formula is C10H16N4O. The quantitative estimate of drug-likeness (QED) is 0.715. The molecule has 0 aliphatic carbocycles. The number of hydrogen-bond acceptors (Lipinski definition) is 4. The van der Waals surface area contributed by atoms with Crippen LogP contribution >= 0.6 is 0 Å². The van der Waals surface area contributed by atoms with Gasteiger partial charge < -0.3 is 10.2 Å². The summed E-state index contributed by atoms with van der Waals surface area (Å²) >= 11 is 0. The summed E-state index contributed by atoms with van der Waals surface area (Å²) < 4.78 is 0. The van der Waals surface area contributed by atoms with Gasteiger partial charge in [-0.05, 0) is 12.3 Å². The van der Waals surface area contributed by atoms with E-state index >= 15 is 0 Å². The highest BCUT2D eigenvalue weighted by Crippen LogP contribution is 2.26. The van der Waals surface area contributed by atoms with Gasteiger partial charge in [0.2, 0.25) is 5.95 Å². The zero-order chi connectivity index (χ0) is 11.0. The number of hydrogen-bond donors (Lipinski definition) is 2. The van der Waals surface area contributed by atoms with Gasteiger partial charge in [-0.25, -0.2) is 0 Å². The minimum absolute atomic E-state index is 0.0246. The van der Waals surface area contributed by atoms with Crippen LogP contribution in [-0.4, -0.2) is 30.6 Å². The van der Waals surface area contributed by atoms with Gasteiger partial charge in [0.1, 0.15) is 5.82 Å². The molecule has 15 heavy (non-hydrogen) atoms. The lowest BCUT2D eigenvalue weighted by atomic mass is 9.96. The second-order valence-electron chi connectivity index (χ2n) is 4.16. The highest BCUT2D eigenvalue weighted by Gasteiger charge is 2.21. The second-order valence-corrected chi connectivity index (χ2v) is 4.16. The molecule has 0 fully saturated rings. The highest BCUT2D eigenvalue weighted by atomic mass is 16.1. The lowest BCUT2D eigenvalue weighted by Gasteiger charge is -2.23. The van der Waals surface area contributed by atoms with Crippen LogP contribution in [0.15, 0.2) is 4.79 Å². The molecule has 0 saturated heterocycles. The van der Waals surface area contributed by atoms with Gasteiger partial charge in [0.15, 0.2) is 0 Å². The van der Waals surface area contributed by atoms with Crippen molar-refractivity contribution in [3.05, 3.63) is 15.9 Å². The molecule has 0 saturated carbocycles. The Morgan fingerprint density at radius 3 is 2.87 bits per heavy atom. The maximum Gasteiger partial charge on any atom is 0.257 e. The average Bonchev–Trinajstić information content (AvgIpc) is 2.17. The molecule has 0 bridgehead atoms. The molecule has 0 aromatic carbocycles. The van der Waals surface area contributed by atoms with Gasteiger partial charge in [0, 0.05) is 20.6 Å². The summed E-state index contributed by atoms with van der Waals surface area (Å²) in [6.45, 7) is 2.95. The van der Waals surface area contributed by atoms with E-state index in [1.54, 1.807) is 4.90 Å². The number of fused-ring (bicyclic) bond motifs is 1.